The number of nitriles is 2. The van der Waals surface area contributed by atoms with Crippen LogP contribution < -0.4 is 0 Å². The Balaban J connectivity index is 3.48. The predicted octanol–water partition coefficient (Wildman–Crippen LogP) is 2.93. The minimum Gasteiger partial charge on any atom is -0.192 e. The maximum absolute atomic E-state index is 8.39. The maximum Gasteiger partial charge on any atom is 0.125 e. The Hall–Kier alpha value is -1.28. The van der Waals surface area contributed by atoms with E-state index >= 15 is 0 Å². The molecule has 0 aliphatic rings. The van der Waals surface area contributed by atoms with Gasteiger partial charge in [0.1, 0.15) is 17.7 Å². The van der Waals surface area contributed by atoms with E-state index in [4.69, 9.17) is 10.5 Å². The monoisotopic (exact) mass is 162 g/mol. The molecule has 64 valence electrons. The molecule has 0 aromatic rings. The highest BCUT2D eigenvalue weighted by Crippen LogP contribution is 2.04. The molecule has 0 aliphatic heterocycles. The molecule has 0 bridgehead atoms. The van der Waals surface area contributed by atoms with E-state index in [1.807, 2.05) is 12.1 Å². The Morgan fingerprint density at radius 3 is 2.33 bits per heavy atom. The summed E-state index contributed by atoms with van der Waals surface area (Å²) in [5.41, 5.74) is 0.242. The van der Waals surface area contributed by atoms with Crippen molar-refractivity contribution in [2.75, 3.05) is 0 Å². The molecule has 0 atom stereocenters. The molecule has 0 fully saturated rings. The molecule has 2 heteroatoms. The van der Waals surface area contributed by atoms with Crippen molar-refractivity contribution < 1.29 is 0 Å². The van der Waals surface area contributed by atoms with Crippen LogP contribution in [0.4, 0.5) is 0 Å². The van der Waals surface area contributed by atoms with Gasteiger partial charge in [0.2, 0.25) is 0 Å². The van der Waals surface area contributed by atoms with Crippen LogP contribution in [-0.2, 0) is 0 Å². The highest BCUT2D eigenvalue weighted by atomic mass is 14.3. The van der Waals surface area contributed by atoms with Crippen LogP contribution in [0.25, 0.3) is 0 Å². The number of allylic oxidation sites excluding steroid dienone is 2. The number of hydrogen-bond donors (Lipinski definition) is 0. The summed E-state index contributed by atoms with van der Waals surface area (Å²) in [4.78, 5) is 0. The average molecular weight is 162 g/mol. The van der Waals surface area contributed by atoms with Crippen LogP contribution in [0.15, 0.2) is 11.6 Å². The zero-order valence-electron chi connectivity index (χ0n) is 7.51. The fourth-order valence-electron chi connectivity index (χ4n) is 0.934. The van der Waals surface area contributed by atoms with Gasteiger partial charge in [0, 0.05) is 0 Å². The maximum atomic E-state index is 8.39. The number of unbranched alkanes of at least 4 members (excludes halogenated alkanes) is 4. The van der Waals surface area contributed by atoms with E-state index in [1.165, 1.54) is 19.3 Å². The lowest BCUT2D eigenvalue weighted by atomic mass is 10.1. The van der Waals surface area contributed by atoms with Gasteiger partial charge in [-0.1, -0.05) is 32.3 Å². The smallest absolute Gasteiger partial charge is 0.125 e. The SMILES string of the molecule is CCCCCCC=C(C#N)C#N. The number of hydrogen-bond acceptors (Lipinski definition) is 2. The van der Waals surface area contributed by atoms with Crippen LogP contribution >= 0.6 is 0 Å². The summed E-state index contributed by atoms with van der Waals surface area (Å²) in [5.74, 6) is 0. The van der Waals surface area contributed by atoms with Crippen molar-refractivity contribution in [3.8, 4) is 12.1 Å². The third-order valence-electron chi connectivity index (χ3n) is 1.65. The zero-order valence-corrected chi connectivity index (χ0v) is 7.51. The van der Waals surface area contributed by atoms with E-state index in [0.29, 0.717) is 0 Å². The molecule has 0 aliphatic carbocycles. The molecule has 0 amide bonds. The summed E-state index contributed by atoms with van der Waals surface area (Å²) in [6, 6.07) is 3.69. The van der Waals surface area contributed by atoms with Crippen LogP contribution in [0.3, 0.4) is 0 Å². The molecule has 0 aromatic carbocycles. The second kappa shape index (κ2) is 7.82. The average Bonchev–Trinajstić information content (AvgIpc) is 2.11. The van der Waals surface area contributed by atoms with E-state index in [-0.39, 0.29) is 5.57 Å². The van der Waals surface area contributed by atoms with Crippen molar-refractivity contribution in [1.29, 1.82) is 10.5 Å². The van der Waals surface area contributed by atoms with Gasteiger partial charge in [-0.3, -0.25) is 0 Å². The lowest BCUT2D eigenvalue weighted by molar-refractivity contribution is 0.674. The van der Waals surface area contributed by atoms with Crippen molar-refractivity contribution in [3.63, 3.8) is 0 Å². The molecule has 0 spiro atoms. The van der Waals surface area contributed by atoms with Crippen LogP contribution in [-0.4, -0.2) is 0 Å². The topological polar surface area (TPSA) is 47.6 Å². The molecular formula is C10H14N2. The van der Waals surface area contributed by atoms with Gasteiger partial charge in [-0.2, -0.15) is 10.5 Å². The van der Waals surface area contributed by atoms with E-state index in [2.05, 4.69) is 6.92 Å². The van der Waals surface area contributed by atoms with Crippen LogP contribution in [0.5, 0.6) is 0 Å². The molecule has 0 saturated carbocycles. The third kappa shape index (κ3) is 5.50. The molecule has 2 nitrogen and oxygen atoms in total. The van der Waals surface area contributed by atoms with Crippen LogP contribution in [0.1, 0.15) is 39.0 Å². The Morgan fingerprint density at radius 2 is 1.83 bits per heavy atom. The van der Waals surface area contributed by atoms with Crippen molar-refractivity contribution in [2.24, 2.45) is 0 Å². The van der Waals surface area contributed by atoms with Crippen molar-refractivity contribution in [1.82, 2.24) is 0 Å². The van der Waals surface area contributed by atoms with Crippen molar-refractivity contribution in [3.05, 3.63) is 11.6 Å². The van der Waals surface area contributed by atoms with Gasteiger partial charge in [0.25, 0.3) is 0 Å². The summed E-state index contributed by atoms with van der Waals surface area (Å²) in [7, 11) is 0. The van der Waals surface area contributed by atoms with E-state index in [0.717, 1.165) is 12.8 Å². The first-order valence-electron chi connectivity index (χ1n) is 4.35. The van der Waals surface area contributed by atoms with Gasteiger partial charge in [0.05, 0.1) is 0 Å². The highest BCUT2D eigenvalue weighted by Gasteiger charge is 1.90. The third-order valence-corrected chi connectivity index (χ3v) is 1.65. The van der Waals surface area contributed by atoms with E-state index in [1.54, 1.807) is 6.08 Å². The van der Waals surface area contributed by atoms with E-state index < -0.39 is 0 Å². The Morgan fingerprint density at radius 1 is 1.17 bits per heavy atom. The van der Waals surface area contributed by atoms with Gasteiger partial charge in [-0.05, 0) is 12.8 Å². The van der Waals surface area contributed by atoms with Crippen molar-refractivity contribution >= 4 is 0 Å². The molecule has 0 saturated heterocycles. The Kier molecular flexibility index (Phi) is 6.99. The predicted molar refractivity (Wildman–Crippen MR) is 48.1 cm³/mol. The molecule has 0 rings (SSSR count). The standard InChI is InChI=1S/C10H14N2/c1-2-3-4-5-6-7-10(8-11)9-12/h7H,2-6H2,1H3. The second-order valence-electron chi connectivity index (χ2n) is 2.69. The molecule has 0 aromatic heterocycles. The summed E-state index contributed by atoms with van der Waals surface area (Å²) >= 11 is 0. The Bertz CT molecular complexity index is 199. The summed E-state index contributed by atoms with van der Waals surface area (Å²) in [5, 5.41) is 16.8. The molecule has 0 radical (unpaired) electrons. The van der Waals surface area contributed by atoms with Crippen LogP contribution in [0.2, 0.25) is 0 Å². The first-order chi connectivity index (χ1) is 5.85. The van der Waals surface area contributed by atoms with E-state index in [9.17, 15) is 0 Å². The second-order valence-corrected chi connectivity index (χ2v) is 2.69. The zero-order chi connectivity index (χ0) is 9.23. The fraction of sp³-hybridized carbons (Fsp3) is 0.600. The molecule has 0 N–H and O–H groups in total. The van der Waals surface area contributed by atoms with Gasteiger partial charge in [0.15, 0.2) is 0 Å². The number of nitrogens with zero attached hydrogens (tertiary/aromatic N) is 2. The molecule has 12 heavy (non-hydrogen) atoms. The molecular weight excluding hydrogens is 148 g/mol. The fourth-order valence-corrected chi connectivity index (χ4v) is 0.934. The van der Waals surface area contributed by atoms with Crippen LogP contribution in [0, 0.1) is 22.7 Å². The minimum absolute atomic E-state index is 0.242. The van der Waals surface area contributed by atoms with Gasteiger partial charge < -0.3 is 0 Å². The first-order valence-corrected chi connectivity index (χ1v) is 4.35. The van der Waals surface area contributed by atoms with Gasteiger partial charge >= 0.3 is 0 Å². The summed E-state index contributed by atoms with van der Waals surface area (Å²) < 4.78 is 0. The highest BCUT2D eigenvalue weighted by molar-refractivity contribution is 5.34. The van der Waals surface area contributed by atoms with Gasteiger partial charge in [-0.15, -0.1) is 0 Å². The van der Waals surface area contributed by atoms with Gasteiger partial charge in [-0.25, -0.2) is 0 Å². The Labute approximate surface area is 74.1 Å². The largest absolute Gasteiger partial charge is 0.192 e. The lowest BCUT2D eigenvalue weighted by Crippen LogP contribution is -1.76. The quantitative estimate of drug-likeness (QED) is 0.461. The minimum atomic E-state index is 0.242. The summed E-state index contributed by atoms with van der Waals surface area (Å²) in [6.07, 6.45) is 7.30. The summed E-state index contributed by atoms with van der Waals surface area (Å²) in [6.45, 7) is 2.16. The normalized spacial score (nSPS) is 8.25. The first kappa shape index (κ1) is 10.7. The molecule has 0 heterocycles. The molecule has 0 unspecified atom stereocenters. The van der Waals surface area contributed by atoms with Crippen molar-refractivity contribution in [2.45, 2.75) is 39.0 Å². The number of rotatable bonds is 5. The lowest BCUT2D eigenvalue weighted by Gasteiger charge is -1.93.